The molecule has 24 heavy (non-hydrogen) atoms. The molecule has 1 atom stereocenters. The van der Waals surface area contributed by atoms with Gasteiger partial charge in [0.25, 0.3) is 0 Å². The number of amides is 1. The smallest absolute Gasteiger partial charge is 0.246 e. The minimum atomic E-state index is -0.572. The van der Waals surface area contributed by atoms with Crippen LogP contribution in [-0.4, -0.2) is 35.3 Å². The van der Waals surface area contributed by atoms with Crippen molar-refractivity contribution in [2.24, 2.45) is 0 Å². The Morgan fingerprint density at radius 3 is 2.96 bits per heavy atom. The summed E-state index contributed by atoms with van der Waals surface area (Å²) in [5, 5.41) is 1.98. The molecule has 0 bridgehead atoms. The number of benzene rings is 1. The van der Waals surface area contributed by atoms with Gasteiger partial charge in [-0.2, -0.15) is 0 Å². The van der Waals surface area contributed by atoms with Gasteiger partial charge in [-0.05, 0) is 29.7 Å². The van der Waals surface area contributed by atoms with Crippen LogP contribution in [0.3, 0.4) is 0 Å². The molecule has 0 N–H and O–H groups in total. The van der Waals surface area contributed by atoms with E-state index in [0.29, 0.717) is 37.2 Å². The topological polar surface area (TPSA) is 46.6 Å². The molecule has 4 rings (SSSR count). The van der Waals surface area contributed by atoms with Gasteiger partial charge in [0.2, 0.25) is 5.91 Å². The fraction of sp³-hybridized carbons (Fsp3) is 0.263. The number of Topliss-reactive ketones (excluding diaryl/α,β-unsaturated/α-hetero) is 1. The maximum absolute atomic E-state index is 12.4. The van der Waals surface area contributed by atoms with Gasteiger partial charge in [0.05, 0.1) is 18.5 Å². The summed E-state index contributed by atoms with van der Waals surface area (Å²) in [6, 6.07) is 11.3. The molecule has 1 aromatic heterocycles. The first-order valence-corrected chi connectivity index (χ1v) is 8.85. The summed E-state index contributed by atoms with van der Waals surface area (Å²) in [6.07, 6.45) is 4.46. The molecule has 5 heteroatoms. The van der Waals surface area contributed by atoms with E-state index in [0.717, 1.165) is 4.88 Å². The monoisotopic (exact) mass is 339 g/mol. The van der Waals surface area contributed by atoms with E-state index in [4.69, 9.17) is 4.74 Å². The Balaban J connectivity index is 1.48. The molecule has 1 aromatic carbocycles. The second-order valence-electron chi connectivity index (χ2n) is 6.24. The number of hydrogen-bond acceptors (Lipinski definition) is 4. The molecule has 0 saturated carbocycles. The Kier molecular flexibility index (Phi) is 3.73. The van der Waals surface area contributed by atoms with Crippen LogP contribution < -0.4 is 4.74 Å². The van der Waals surface area contributed by atoms with Crippen molar-refractivity contribution in [3.8, 4) is 5.75 Å². The summed E-state index contributed by atoms with van der Waals surface area (Å²) in [4.78, 5) is 27.6. The van der Waals surface area contributed by atoms with E-state index < -0.39 is 5.60 Å². The quantitative estimate of drug-likeness (QED) is 0.788. The van der Waals surface area contributed by atoms with Gasteiger partial charge in [-0.1, -0.05) is 18.2 Å². The van der Waals surface area contributed by atoms with Crippen LogP contribution in [0.5, 0.6) is 5.75 Å². The van der Waals surface area contributed by atoms with E-state index in [1.807, 2.05) is 41.8 Å². The molecule has 0 aliphatic carbocycles. The number of thiophene rings is 1. The van der Waals surface area contributed by atoms with E-state index >= 15 is 0 Å². The molecule has 2 aliphatic rings. The molecule has 122 valence electrons. The van der Waals surface area contributed by atoms with Crippen LogP contribution in [0.1, 0.15) is 28.1 Å². The Morgan fingerprint density at radius 2 is 2.12 bits per heavy atom. The molecule has 3 heterocycles. The van der Waals surface area contributed by atoms with E-state index in [2.05, 4.69) is 0 Å². The van der Waals surface area contributed by atoms with Crippen LogP contribution in [0.15, 0.2) is 47.9 Å². The van der Waals surface area contributed by atoms with Crippen LogP contribution in [0.25, 0.3) is 6.08 Å². The van der Waals surface area contributed by atoms with Crippen LogP contribution >= 0.6 is 11.3 Å². The number of fused-ring (bicyclic) bond motifs is 1. The van der Waals surface area contributed by atoms with Crippen LogP contribution in [0, 0.1) is 0 Å². The summed E-state index contributed by atoms with van der Waals surface area (Å²) in [5.74, 6) is 0.702. The molecule has 1 spiro atoms. The lowest BCUT2D eigenvalue weighted by Gasteiger charge is -2.34. The van der Waals surface area contributed by atoms with Crippen molar-refractivity contribution < 1.29 is 14.3 Å². The van der Waals surface area contributed by atoms with Crippen molar-refractivity contribution in [2.45, 2.75) is 18.4 Å². The number of para-hydroxylation sites is 1. The average Bonchev–Trinajstić information content (AvgIpc) is 3.23. The predicted molar refractivity (Wildman–Crippen MR) is 93.3 cm³/mol. The van der Waals surface area contributed by atoms with Crippen molar-refractivity contribution in [1.29, 1.82) is 0 Å². The standard InChI is InChI=1S/C19H17NO3S/c21-16-12-19(23-17-6-2-1-5-15(16)17)9-10-20(13-19)18(22)8-7-14-4-3-11-24-14/h1-8,11H,9-10,12-13H2. The van der Waals surface area contributed by atoms with E-state index in [1.165, 1.54) is 0 Å². The third-order valence-corrected chi connectivity index (χ3v) is 5.40. The third kappa shape index (κ3) is 2.76. The van der Waals surface area contributed by atoms with Gasteiger partial charge in [-0.15, -0.1) is 11.3 Å². The Bertz CT molecular complexity index is 812. The van der Waals surface area contributed by atoms with Gasteiger partial charge in [0.15, 0.2) is 5.78 Å². The van der Waals surface area contributed by atoms with Crippen molar-refractivity contribution in [1.82, 2.24) is 4.90 Å². The normalized spacial score (nSPS) is 22.8. The highest BCUT2D eigenvalue weighted by molar-refractivity contribution is 7.10. The van der Waals surface area contributed by atoms with Gasteiger partial charge >= 0.3 is 0 Å². The highest BCUT2D eigenvalue weighted by Gasteiger charge is 2.46. The first-order chi connectivity index (χ1) is 11.7. The summed E-state index contributed by atoms with van der Waals surface area (Å²) < 4.78 is 6.14. The molecule has 4 nitrogen and oxygen atoms in total. The van der Waals surface area contributed by atoms with E-state index in [9.17, 15) is 9.59 Å². The number of carbonyl (C=O) groups is 2. The summed E-state index contributed by atoms with van der Waals surface area (Å²) in [7, 11) is 0. The first-order valence-electron chi connectivity index (χ1n) is 7.97. The van der Waals surface area contributed by atoms with Crippen molar-refractivity contribution in [3.63, 3.8) is 0 Å². The maximum atomic E-state index is 12.4. The lowest BCUT2D eigenvalue weighted by molar-refractivity contribution is -0.125. The zero-order valence-corrected chi connectivity index (χ0v) is 13.9. The van der Waals surface area contributed by atoms with Gasteiger partial charge in [0.1, 0.15) is 11.4 Å². The fourth-order valence-corrected chi connectivity index (χ4v) is 3.97. The van der Waals surface area contributed by atoms with E-state index in [-0.39, 0.29) is 11.7 Å². The Hall–Kier alpha value is -2.40. The second-order valence-corrected chi connectivity index (χ2v) is 7.22. The largest absolute Gasteiger partial charge is 0.484 e. The Morgan fingerprint density at radius 1 is 1.25 bits per heavy atom. The molecular weight excluding hydrogens is 322 g/mol. The summed E-state index contributed by atoms with van der Waals surface area (Å²) in [6.45, 7) is 1.07. The van der Waals surface area contributed by atoms with E-state index in [1.54, 1.807) is 28.4 Å². The molecule has 1 saturated heterocycles. The minimum absolute atomic E-state index is 0.0322. The predicted octanol–water partition coefficient (Wildman–Crippen LogP) is 3.40. The van der Waals surface area contributed by atoms with Crippen molar-refractivity contribution in [3.05, 3.63) is 58.3 Å². The number of ether oxygens (including phenoxy) is 1. The second kappa shape index (κ2) is 5.91. The SMILES string of the molecule is O=C1CC2(CCN(C(=O)C=Cc3cccs3)C2)Oc2ccccc21. The molecule has 2 aliphatic heterocycles. The Labute approximate surface area is 144 Å². The maximum Gasteiger partial charge on any atom is 0.246 e. The van der Waals surface area contributed by atoms with Crippen molar-refractivity contribution in [2.75, 3.05) is 13.1 Å². The fourth-order valence-electron chi connectivity index (χ4n) is 3.35. The van der Waals surface area contributed by atoms with Crippen molar-refractivity contribution >= 4 is 29.1 Å². The number of likely N-dealkylation sites (tertiary alicyclic amines) is 1. The molecule has 0 radical (unpaired) electrons. The summed E-state index contributed by atoms with van der Waals surface area (Å²) in [5.41, 5.74) is 0.0724. The number of carbonyl (C=O) groups excluding carboxylic acids is 2. The lowest BCUT2D eigenvalue weighted by Crippen LogP contribution is -2.45. The van der Waals surface area contributed by atoms with Gasteiger partial charge in [-0.3, -0.25) is 9.59 Å². The van der Waals surface area contributed by atoms with Crippen LogP contribution in [0.2, 0.25) is 0 Å². The summed E-state index contributed by atoms with van der Waals surface area (Å²) >= 11 is 1.59. The highest BCUT2D eigenvalue weighted by atomic mass is 32.1. The van der Waals surface area contributed by atoms with Crippen LogP contribution in [-0.2, 0) is 4.79 Å². The van der Waals surface area contributed by atoms with Gasteiger partial charge in [-0.25, -0.2) is 0 Å². The zero-order valence-electron chi connectivity index (χ0n) is 13.1. The molecular formula is C19H17NO3S. The number of rotatable bonds is 2. The molecule has 1 unspecified atom stereocenters. The minimum Gasteiger partial charge on any atom is -0.484 e. The van der Waals surface area contributed by atoms with Gasteiger partial charge < -0.3 is 9.64 Å². The third-order valence-electron chi connectivity index (χ3n) is 4.56. The highest BCUT2D eigenvalue weighted by Crippen LogP contribution is 2.38. The molecule has 2 aromatic rings. The first kappa shape index (κ1) is 15.1. The molecule has 1 fully saturated rings. The number of nitrogens with zero attached hydrogens (tertiary/aromatic N) is 1. The van der Waals surface area contributed by atoms with Crippen LogP contribution in [0.4, 0.5) is 0 Å². The number of ketones is 1. The lowest BCUT2D eigenvalue weighted by atomic mass is 9.89. The van der Waals surface area contributed by atoms with Gasteiger partial charge in [0, 0.05) is 23.9 Å². The average molecular weight is 339 g/mol. The zero-order chi connectivity index (χ0) is 16.6. The molecule has 1 amide bonds. The number of hydrogen-bond donors (Lipinski definition) is 0.